The molecule has 0 saturated carbocycles. The van der Waals surface area contributed by atoms with E-state index in [1.54, 1.807) is 18.2 Å². The first-order valence-corrected chi connectivity index (χ1v) is 9.32. The summed E-state index contributed by atoms with van der Waals surface area (Å²) < 4.78 is 27.6. The zero-order valence-corrected chi connectivity index (χ0v) is 13.9. The van der Waals surface area contributed by atoms with E-state index in [0.717, 1.165) is 23.0 Å². The van der Waals surface area contributed by atoms with E-state index in [1.807, 2.05) is 31.2 Å². The van der Waals surface area contributed by atoms with Crippen molar-refractivity contribution in [3.8, 4) is 0 Å². The average Bonchev–Trinajstić information content (AvgIpc) is 2.79. The third-order valence-corrected chi connectivity index (χ3v) is 5.80. The Labute approximate surface area is 138 Å². The predicted octanol–water partition coefficient (Wildman–Crippen LogP) is 2.82. The summed E-state index contributed by atoms with van der Waals surface area (Å²) in [5.74, 6) is -0.106. The molecule has 0 fully saturated rings. The van der Waals surface area contributed by atoms with Gasteiger partial charge in [-0.2, -0.15) is 12.8 Å². The van der Waals surface area contributed by atoms with Gasteiger partial charge in [-0.25, -0.2) is 0 Å². The molecule has 2 aromatic rings. The van der Waals surface area contributed by atoms with Gasteiger partial charge in [0.1, 0.15) is 5.04 Å². The minimum Gasteiger partial charge on any atom is -0.325 e. The SMILES string of the molecule is Cc1ccccc1NC(=O)CSC1=NS(=O)(=O)c2ccccc21. The molecule has 23 heavy (non-hydrogen) atoms. The quantitative estimate of drug-likeness (QED) is 0.927. The fourth-order valence-electron chi connectivity index (χ4n) is 2.21. The van der Waals surface area contributed by atoms with Crippen molar-refractivity contribution in [2.24, 2.45) is 4.40 Å². The van der Waals surface area contributed by atoms with Crippen molar-refractivity contribution in [2.75, 3.05) is 11.1 Å². The fraction of sp³-hybridized carbons (Fsp3) is 0.125. The summed E-state index contributed by atoms with van der Waals surface area (Å²) in [4.78, 5) is 12.3. The number of anilines is 1. The van der Waals surface area contributed by atoms with Gasteiger partial charge in [-0.1, -0.05) is 48.2 Å². The van der Waals surface area contributed by atoms with E-state index in [-0.39, 0.29) is 16.6 Å². The molecular weight excluding hydrogens is 332 g/mol. The number of para-hydroxylation sites is 1. The number of carbonyl (C=O) groups is 1. The van der Waals surface area contributed by atoms with Crippen molar-refractivity contribution in [1.29, 1.82) is 0 Å². The molecule has 0 bridgehead atoms. The molecule has 0 radical (unpaired) electrons. The zero-order chi connectivity index (χ0) is 16.4. The van der Waals surface area contributed by atoms with E-state index < -0.39 is 10.0 Å². The van der Waals surface area contributed by atoms with Crippen LogP contribution in [0.1, 0.15) is 11.1 Å². The second-order valence-electron chi connectivity index (χ2n) is 5.02. The number of benzene rings is 2. The van der Waals surface area contributed by atoms with E-state index in [4.69, 9.17) is 0 Å². The Morgan fingerprint density at radius 3 is 2.61 bits per heavy atom. The lowest BCUT2D eigenvalue weighted by Gasteiger charge is -2.07. The maximum atomic E-state index is 12.1. The molecule has 1 N–H and O–H groups in total. The number of thioether (sulfide) groups is 1. The van der Waals surface area contributed by atoms with Gasteiger partial charge in [0, 0.05) is 11.3 Å². The number of amides is 1. The highest BCUT2D eigenvalue weighted by Gasteiger charge is 2.28. The number of carbonyl (C=O) groups excluding carboxylic acids is 1. The van der Waals surface area contributed by atoms with Gasteiger partial charge in [-0.3, -0.25) is 4.79 Å². The zero-order valence-electron chi connectivity index (χ0n) is 12.3. The molecule has 7 heteroatoms. The van der Waals surface area contributed by atoms with E-state index in [0.29, 0.717) is 10.6 Å². The number of fused-ring (bicyclic) bond motifs is 1. The number of sulfonamides is 1. The van der Waals surface area contributed by atoms with Crippen molar-refractivity contribution in [3.05, 3.63) is 59.7 Å². The van der Waals surface area contributed by atoms with Crippen LogP contribution in [0.5, 0.6) is 0 Å². The summed E-state index contributed by atoms with van der Waals surface area (Å²) in [6.07, 6.45) is 0. The minimum atomic E-state index is -3.63. The first-order chi connectivity index (χ1) is 11.0. The molecule has 1 aliphatic rings. The van der Waals surface area contributed by atoms with Crippen LogP contribution in [0.4, 0.5) is 5.69 Å². The van der Waals surface area contributed by atoms with Crippen LogP contribution >= 0.6 is 11.8 Å². The van der Waals surface area contributed by atoms with Crippen LogP contribution in [0.3, 0.4) is 0 Å². The molecule has 5 nitrogen and oxygen atoms in total. The van der Waals surface area contributed by atoms with Gasteiger partial charge in [0.2, 0.25) is 5.91 Å². The minimum absolute atomic E-state index is 0.0943. The van der Waals surface area contributed by atoms with Crippen molar-refractivity contribution in [1.82, 2.24) is 0 Å². The molecule has 1 aliphatic heterocycles. The summed E-state index contributed by atoms with van der Waals surface area (Å²) in [5, 5.41) is 3.18. The maximum Gasteiger partial charge on any atom is 0.284 e. The molecule has 2 aromatic carbocycles. The second kappa shape index (κ2) is 6.17. The van der Waals surface area contributed by atoms with Crippen LogP contribution in [0.2, 0.25) is 0 Å². The lowest BCUT2D eigenvalue weighted by atomic mass is 10.2. The molecule has 0 unspecified atom stereocenters. The summed E-state index contributed by atoms with van der Waals surface area (Å²) in [5.41, 5.74) is 2.28. The normalized spacial score (nSPS) is 14.9. The maximum absolute atomic E-state index is 12.1. The lowest BCUT2D eigenvalue weighted by molar-refractivity contribution is -0.113. The van der Waals surface area contributed by atoms with Crippen LogP contribution in [0.15, 0.2) is 57.8 Å². The lowest BCUT2D eigenvalue weighted by Crippen LogP contribution is -2.16. The largest absolute Gasteiger partial charge is 0.325 e. The summed E-state index contributed by atoms with van der Waals surface area (Å²) in [6, 6.07) is 14.1. The molecular formula is C16H14N2O3S2. The van der Waals surface area contributed by atoms with Gasteiger partial charge in [0.15, 0.2) is 0 Å². The summed E-state index contributed by atoms with van der Waals surface area (Å²) >= 11 is 1.12. The fourth-order valence-corrected chi connectivity index (χ4v) is 4.56. The molecule has 0 spiro atoms. The molecule has 0 aromatic heterocycles. The number of hydrogen-bond donors (Lipinski definition) is 1. The molecule has 3 rings (SSSR count). The smallest absolute Gasteiger partial charge is 0.284 e. The third-order valence-electron chi connectivity index (χ3n) is 3.36. The van der Waals surface area contributed by atoms with Crippen molar-refractivity contribution in [2.45, 2.75) is 11.8 Å². The van der Waals surface area contributed by atoms with Gasteiger partial charge in [0.05, 0.1) is 10.6 Å². The van der Waals surface area contributed by atoms with Crippen LogP contribution in [0.25, 0.3) is 0 Å². The highest BCUT2D eigenvalue weighted by molar-refractivity contribution is 8.16. The average molecular weight is 346 g/mol. The molecule has 0 atom stereocenters. The highest BCUT2D eigenvalue weighted by atomic mass is 32.2. The van der Waals surface area contributed by atoms with Crippen LogP contribution in [0, 0.1) is 6.92 Å². The van der Waals surface area contributed by atoms with Crippen molar-refractivity contribution in [3.63, 3.8) is 0 Å². The molecule has 1 heterocycles. The Kier molecular flexibility index (Phi) is 4.23. The van der Waals surface area contributed by atoms with Gasteiger partial charge in [0.25, 0.3) is 10.0 Å². The van der Waals surface area contributed by atoms with E-state index in [2.05, 4.69) is 9.71 Å². The Bertz CT molecular complexity index is 905. The predicted molar refractivity (Wildman–Crippen MR) is 92.4 cm³/mol. The van der Waals surface area contributed by atoms with Crippen LogP contribution in [-0.2, 0) is 14.8 Å². The van der Waals surface area contributed by atoms with Gasteiger partial charge in [-0.15, -0.1) is 0 Å². The summed E-state index contributed by atoms with van der Waals surface area (Å²) in [6.45, 7) is 1.91. The number of nitrogens with zero attached hydrogens (tertiary/aromatic N) is 1. The number of hydrogen-bond acceptors (Lipinski definition) is 4. The Morgan fingerprint density at radius 2 is 1.83 bits per heavy atom. The molecule has 0 saturated heterocycles. The first kappa shape index (κ1) is 15.8. The standard InChI is InChI=1S/C16H14N2O3S2/c1-11-6-2-4-8-13(11)17-15(19)10-22-16-12-7-3-5-9-14(12)23(20,21)18-16/h2-9H,10H2,1H3,(H,17,19). The molecule has 1 amide bonds. The number of aryl methyl sites for hydroxylation is 1. The number of rotatable bonds is 3. The monoisotopic (exact) mass is 346 g/mol. The third kappa shape index (κ3) is 3.30. The number of nitrogens with one attached hydrogen (secondary N) is 1. The van der Waals surface area contributed by atoms with Gasteiger partial charge >= 0.3 is 0 Å². The van der Waals surface area contributed by atoms with E-state index >= 15 is 0 Å². The topological polar surface area (TPSA) is 75.6 Å². The van der Waals surface area contributed by atoms with E-state index in [9.17, 15) is 13.2 Å². The van der Waals surface area contributed by atoms with Crippen molar-refractivity contribution < 1.29 is 13.2 Å². The van der Waals surface area contributed by atoms with Crippen LogP contribution < -0.4 is 5.32 Å². The Morgan fingerprint density at radius 1 is 1.13 bits per heavy atom. The summed E-state index contributed by atoms with van der Waals surface area (Å²) in [7, 11) is -3.63. The Balaban J connectivity index is 1.70. The molecule has 0 aliphatic carbocycles. The first-order valence-electron chi connectivity index (χ1n) is 6.90. The highest BCUT2D eigenvalue weighted by Crippen LogP contribution is 2.30. The van der Waals surface area contributed by atoms with Crippen molar-refractivity contribution >= 4 is 38.4 Å². The van der Waals surface area contributed by atoms with Crippen LogP contribution in [-0.4, -0.2) is 25.1 Å². The van der Waals surface area contributed by atoms with Gasteiger partial charge < -0.3 is 5.32 Å². The molecule has 118 valence electrons. The Hall–Kier alpha value is -2.12. The van der Waals surface area contributed by atoms with E-state index in [1.165, 1.54) is 6.07 Å². The second-order valence-corrected chi connectivity index (χ2v) is 7.56. The van der Waals surface area contributed by atoms with Gasteiger partial charge in [-0.05, 0) is 24.6 Å².